The lowest BCUT2D eigenvalue weighted by Crippen LogP contribution is -2.02. The zero-order valence-electron chi connectivity index (χ0n) is 33.5. The number of hydrogen-bond acceptors (Lipinski definition) is 4. The van der Waals surface area contributed by atoms with Gasteiger partial charge in [0.15, 0.2) is 17.5 Å². The van der Waals surface area contributed by atoms with Crippen molar-refractivity contribution in [2.75, 3.05) is 0 Å². The number of rotatable bonds is 7. The average molecular weight is 809 g/mol. The zero-order chi connectivity index (χ0) is 41.0. The minimum atomic E-state index is 0.614. The molecule has 0 aliphatic carbocycles. The van der Waals surface area contributed by atoms with E-state index in [-0.39, 0.29) is 0 Å². The van der Waals surface area contributed by atoms with Crippen LogP contribution in [0.3, 0.4) is 0 Å². The molecule has 3 heterocycles. The molecule has 0 aliphatic heterocycles. The first-order valence-electron chi connectivity index (χ1n) is 20.8. The lowest BCUT2D eigenvalue weighted by atomic mass is 9.98. The first-order chi connectivity index (χ1) is 30.7. The maximum absolute atomic E-state index is 5.26. The summed E-state index contributed by atoms with van der Waals surface area (Å²) in [6.07, 6.45) is 0. The van der Waals surface area contributed by atoms with Crippen molar-refractivity contribution in [1.82, 2.24) is 19.5 Å². The van der Waals surface area contributed by atoms with Gasteiger partial charge in [0, 0.05) is 48.5 Å². The van der Waals surface area contributed by atoms with Crippen molar-refractivity contribution in [3.8, 4) is 73.2 Å². The van der Waals surface area contributed by atoms with E-state index in [9.17, 15) is 0 Å². The molecule has 0 unspecified atom stereocenters. The highest BCUT2D eigenvalue weighted by Crippen LogP contribution is 2.45. The fraction of sp³-hybridized carbons (Fsp3) is 0. The summed E-state index contributed by atoms with van der Waals surface area (Å²) in [4.78, 5) is 15.6. The van der Waals surface area contributed by atoms with Crippen molar-refractivity contribution in [2.24, 2.45) is 0 Å². The van der Waals surface area contributed by atoms with Crippen LogP contribution in [-0.2, 0) is 0 Å². The van der Waals surface area contributed by atoms with E-state index in [0.717, 1.165) is 44.6 Å². The summed E-state index contributed by atoms with van der Waals surface area (Å²) in [5.41, 5.74) is 13.0. The van der Waals surface area contributed by atoms with Gasteiger partial charge in [0.05, 0.1) is 21.4 Å². The molecule has 0 N–H and O–H groups in total. The Kier molecular flexibility index (Phi) is 8.65. The molecule has 290 valence electrons. The molecule has 0 saturated carbocycles. The summed E-state index contributed by atoms with van der Waals surface area (Å²) in [7, 11) is 0. The van der Waals surface area contributed by atoms with Gasteiger partial charge in [0.2, 0.25) is 0 Å². The van der Waals surface area contributed by atoms with Crippen LogP contribution in [0.5, 0.6) is 0 Å². The van der Waals surface area contributed by atoms with Gasteiger partial charge < -0.3 is 4.57 Å². The normalized spacial score (nSPS) is 11.5. The van der Waals surface area contributed by atoms with Gasteiger partial charge in [-0.05, 0) is 70.3 Å². The van der Waals surface area contributed by atoms with E-state index in [1.54, 1.807) is 0 Å². The van der Waals surface area contributed by atoms with Crippen LogP contribution in [0.15, 0.2) is 218 Å². The summed E-state index contributed by atoms with van der Waals surface area (Å²) in [6.45, 7) is 0. The molecule has 3 aromatic heterocycles. The first-order valence-corrected chi connectivity index (χ1v) is 21.7. The largest absolute Gasteiger partial charge is 0.307 e. The quantitative estimate of drug-likeness (QED) is 0.161. The summed E-state index contributed by atoms with van der Waals surface area (Å²) < 4.78 is 5.05. The van der Waals surface area contributed by atoms with Crippen LogP contribution >= 0.6 is 11.3 Å². The molecule has 0 radical (unpaired) electrons. The number of nitrogens with zero attached hydrogens (tertiary/aromatic N) is 4. The third-order valence-corrected chi connectivity index (χ3v) is 13.0. The van der Waals surface area contributed by atoms with Gasteiger partial charge >= 0.3 is 0 Å². The maximum atomic E-state index is 5.26. The second kappa shape index (κ2) is 14.9. The van der Waals surface area contributed by atoms with Crippen LogP contribution in [0.1, 0.15) is 0 Å². The fourth-order valence-corrected chi connectivity index (χ4v) is 10.1. The predicted molar refractivity (Wildman–Crippen MR) is 260 cm³/mol. The molecule has 0 saturated heterocycles. The van der Waals surface area contributed by atoms with Gasteiger partial charge in [-0.1, -0.05) is 176 Å². The molecule has 4 nitrogen and oxygen atoms in total. The predicted octanol–water partition coefficient (Wildman–Crippen LogP) is 15.3. The number of fused-ring (bicyclic) bond motifs is 7. The Morgan fingerprint density at radius 2 is 0.823 bits per heavy atom. The number of para-hydroxylation sites is 1. The van der Waals surface area contributed by atoms with Crippen molar-refractivity contribution < 1.29 is 0 Å². The minimum Gasteiger partial charge on any atom is -0.307 e. The molecule has 0 fully saturated rings. The molecule has 62 heavy (non-hydrogen) atoms. The Balaban J connectivity index is 1.05. The maximum Gasteiger partial charge on any atom is 0.164 e. The Bertz CT molecular complexity index is 3630. The van der Waals surface area contributed by atoms with Crippen molar-refractivity contribution in [3.05, 3.63) is 218 Å². The second-order valence-corrected chi connectivity index (χ2v) is 16.6. The fourth-order valence-electron chi connectivity index (χ4n) is 8.90. The van der Waals surface area contributed by atoms with Crippen LogP contribution in [0, 0.1) is 0 Å². The Morgan fingerprint density at radius 1 is 0.323 bits per heavy atom. The number of thiophene rings is 1. The summed E-state index contributed by atoms with van der Waals surface area (Å²) in [5.74, 6) is 1.86. The average Bonchev–Trinajstić information content (AvgIpc) is 3.91. The standard InChI is InChI=1S/C57H36N4S/c1-4-16-37(17-5-1)40-22-14-23-41(34-40)42-24-15-25-43(35-42)56-58-55(39-20-8-3-9-21-39)59-57(60-56)44-30-33-51(49(36-44)38-18-6-2-7-19-38)61-50-28-12-10-26-45(50)47-31-32-48-46-27-11-13-29-52(46)62-54(48)53(47)61/h1-36H. The molecule has 0 spiro atoms. The molecule has 0 atom stereocenters. The second-order valence-electron chi connectivity index (χ2n) is 15.6. The van der Waals surface area contributed by atoms with Crippen LogP contribution in [0.4, 0.5) is 0 Å². The van der Waals surface area contributed by atoms with E-state index < -0.39 is 0 Å². The number of benzene rings is 9. The van der Waals surface area contributed by atoms with Crippen LogP contribution < -0.4 is 0 Å². The van der Waals surface area contributed by atoms with E-state index in [4.69, 9.17) is 15.0 Å². The van der Waals surface area contributed by atoms with Gasteiger partial charge in [-0.25, -0.2) is 15.0 Å². The topological polar surface area (TPSA) is 43.6 Å². The molecule has 12 aromatic rings. The van der Waals surface area contributed by atoms with Crippen molar-refractivity contribution in [3.63, 3.8) is 0 Å². The third-order valence-electron chi connectivity index (χ3n) is 11.9. The summed E-state index contributed by atoms with van der Waals surface area (Å²) in [5, 5.41) is 5.04. The van der Waals surface area contributed by atoms with E-state index in [0.29, 0.717) is 17.5 Å². The summed E-state index contributed by atoms with van der Waals surface area (Å²) >= 11 is 1.87. The van der Waals surface area contributed by atoms with E-state index >= 15 is 0 Å². The van der Waals surface area contributed by atoms with Crippen molar-refractivity contribution >= 4 is 53.3 Å². The van der Waals surface area contributed by atoms with E-state index in [1.165, 1.54) is 53.1 Å². The number of hydrogen-bond donors (Lipinski definition) is 0. The van der Waals surface area contributed by atoms with Crippen LogP contribution in [0.2, 0.25) is 0 Å². The van der Waals surface area contributed by atoms with Crippen molar-refractivity contribution in [2.45, 2.75) is 0 Å². The Morgan fingerprint density at radius 3 is 1.53 bits per heavy atom. The van der Waals surface area contributed by atoms with Crippen molar-refractivity contribution in [1.29, 1.82) is 0 Å². The lowest BCUT2D eigenvalue weighted by molar-refractivity contribution is 1.07. The zero-order valence-corrected chi connectivity index (χ0v) is 34.3. The highest BCUT2D eigenvalue weighted by atomic mass is 32.1. The third kappa shape index (κ3) is 6.18. The molecular weight excluding hydrogens is 773 g/mol. The highest BCUT2D eigenvalue weighted by molar-refractivity contribution is 7.26. The minimum absolute atomic E-state index is 0.614. The highest BCUT2D eigenvalue weighted by Gasteiger charge is 2.21. The van der Waals surface area contributed by atoms with E-state index in [1.807, 2.05) is 29.5 Å². The number of aromatic nitrogens is 4. The van der Waals surface area contributed by atoms with Gasteiger partial charge in [-0.2, -0.15) is 0 Å². The van der Waals surface area contributed by atoms with Crippen LogP contribution in [-0.4, -0.2) is 19.5 Å². The smallest absolute Gasteiger partial charge is 0.164 e. The van der Waals surface area contributed by atoms with Gasteiger partial charge in [-0.3, -0.25) is 0 Å². The van der Waals surface area contributed by atoms with Gasteiger partial charge in [0.25, 0.3) is 0 Å². The molecule has 5 heteroatoms. The lowest BCUT2D eigenvalue weighted by Gasteiger charge is -2.16. The molecule has 12 rings (SSSR count). The molecular formula is C57H36N4S. The Labute approximate surface area is 362 Å². The van der Waals surface area contributed by atoms with Crippen LogP contribution in [0.25, 0.3) is 115 Å². The molecule has 0 amide bonds. The molecule has 9 aromatic carbocycles. The van der Waals surface area contributed by atoms with Gasteiger partial charge in [-0.15, -0.1) is 11.3 Å². The molecule has 0 bridgehead atoms. The Hall–Kier alpha value is -7.99. The summed E-state index contributed by atoms with van der Waals surface area (Å²) in [6, 6.07) is 77.4. The molecule has 0 aliphatic rings. The van der Waals surface area contributed by atoms with E-state index in [2.05, 4.69) is 205 Å². The monoisotopic (exact) mass is 808 g/mol. The SMILES string of the molecule is c1ccc(-c2cccc(-c3cccc(-c4nc(-c5ccccc5)nc(-c5ccc(-n6c7ccccc7c7ccc8c9ccccc9sc8c76)c(-c6ccccc6)c5)n4)c3)c2)cc1. The first kappa shape index (κ1) is 35.9. The van der Waals surface area contributed by atoms with Gasteiger partial charge in [0.1, 0.15) is 0 Å².